The van der Waals surface area contributed by atoms with E-state index in [0.717, 1.165) is 25.9 Å². The molecule has 0 saturated carbocycles. The molecule has 0 atom stereocenters. The number of nitrogens with zero attached hydrogens (tertiary/aromatic N) is 2. The van der Waals surface area contributed by atoms with Crippen LogP contribution >= 0.6 is 24.0 Å². The van der Waals surface area contributed by atoms with Gasteiger partial charge in [-0.3, -0.25) is 4.99 Å². The van der Waals surface area contributed by atoms with Crippen LogP contribution in [0.4, 0.5) is 0 Å². The second kappa shape index (κ2) is 14.3. The van der Waals surface area contributed by atoms with Crippen LogP contribution < -0.4 is 10.6 Å². The Morgan fingerprint density at radius 2 is 1.74 bits per heavy atom. The summed E-state index contributed by atoms with van der Waals surface area (Å²) in [6, 6.07) is 0. The molecule has 0 unspecified atom stereocenters. The monoisotopic (exact) mass is 462 g/mol. The van der Waals surface area contributed by atoms with Crippen LogP contribution in [-0.4, -0.2) is 57.2 Å². The Bertz CT molecular complexity index is 410. The Balaban J connectivity index is 0. The Hall–Kier alpha value is -0.0900. The first-order chi connectivity index (χ1) is 10.4. The standard InChI is InChI=1S/C15H34N4O2S.HI/c1-6-16-15(17-11-9-10-14(4)5)18-12-13-22(20,21)19(7-2)8-3;/h14H,6-13H2,1-5H3,(H2,16,17,18);1H. The van der Waals surface area contributed by atoms with Gasteiger partial charge in [-0.15, -0.1) is 24.0 Å². The van der Waals surface area contributed by atoms with E-state index >= 15 is 0 Å². The average molecular weight is 462 g/mol. The highest BCUT2D eigenvalue weighted by molar-refractivity contribution is 14.0. The molecule has 0 aromatic rings. The molecule has 0 aliphatic rings. The van der Waals surface area contributed by atoms with Gasteiger partial charge in [-0.2, -0.15) is 0 Å². The summed E-state index contributed by atoms with van der Waals surface area (Å²) in [4.78, 5) is 4.48. The summed E-state index contributed by atoms with van der Waals surface area (Å²) in [7, 11) is -3.18. The van der Waals surface area contributed by atoms with Gasteiger partial charge in [-0.25, -0.2) is 12.7 Å². The van der Waals surface area contributed by atoms with E-state index in [0.29, 0.717) is 31.5 Å². The van der Waals surface area contributed by atoms with Gasteiger partial charge in [-0.05, 0) is 25.7 Å². The zero-order valence-corrected chi connectivity index (χ0v) is 18.4. The minimum absolute atomic E-state index is 0. The summed E-state index contributed by atoms with van der Waals surface area (Å²) < 4.78 is 25.7. The number of halogens is 1. The van der Waals surface area contributed by atoms with Crippen molar-refractivity contribution in [3.8, 4) is 0 Å². The van der Waals surface area contributed by atoms with E-state index in [4.69, 9.17) is 0 Å². The first-order valence-corrected chi connectivity index (χ1v) is 9.98. The number of aliphatic imine (C=N–C) groups is 1. The van der Waals surface area contributed by atoms with E-state index in [-0.39, 0.29) is 29.7 Å². The van der Waals surface area contributed by atoms with Crippen LogP contribution in [0, 0.1) is 5.92 Å². The SMILES string of the molecule is CCNC(=NCCCC(C)C)NCCS(=O)(=O)N(CC)CC.I. The maximum Gasteiger partial charge on any atom is 0.215 e. The van der Waals surface area contributed by atoms with Crippen LogP contribution in [0.1, 0.15) is 47.5 Å². The minimum Gasteiger partial charge on any atom is -0.357 e. The van der Waals surface area contributed by atoms with Gasteiger partial charge in [0.2, 0.25) is 10.0 Å². The minimum atomic E-state index is -3.18. The van der Waals surface area contributed by atoms with E-state index in [2.05, 4.69) is 29.5 Å². The molecular weight excluding hydrogens is 427 g/mol. The van der Waals surface area contributed by atoms with E-state index in [1.54, 1.807) is 0 Å². The van der Waals surface area contributed by atoms with E-state index in [1.165, 1.54) is 4.31 Å². The predicted octanol–water partition coefficient (Wildman–Crippen LogP) is 2.27. The van der Waals surface area contributed by atoms with Crippen molar-refractivity contribution in [2.75, 3.05) is 38.5 Å². The van der Waals surface area contributed by atoms with E-state index < -0.39 is 10.0 Å². The van der Waals surface area contributed by atoms with Crippen LogP contribution in [0.25, 0.3) is 0 Å². The van der Waals surface area contributed by atoms with Gasteiger partial charge in [0.15, 0.2) is 5.96 Å². The van der Waals surface area contributed by atoms with Gasteiger partial charge in [0.05, 0.1) is 5.75 Å². The molecule has 2 N–H and O–H groups in total. The summed E-state index contributed by atoms with van der Waals surface area (Å²) in [5.74, 6) is 1.47. The zero-order valence-electron chi connectivity index (χ0n) is 15.3. The van der Waals surface area contributed by atoms with Crippen molar-refractivity contribution in [1.29, 1.82) is 0 Å². The fourth-order valence-electron chi connectivity index (χ4n) is 2.08. The number of guanidine groups is 1. The first-order valence-electron chi connectivity index (χ1n) is 8.37. The smallest absolute Gasteiger partial charge is 0.215 e. The lowest BCUT2D eigenvalue weighted by atomic mass is 10.1. The van der Waals surface area contributed by atoms with Crippen LogP contribution in [0.3, 0.4) is 0 Å². The largest absolute Gasteiger partial charge is 0.357 e. The maximum absolute atomic E-state index is 12.1. The number of rotatable bonds is 11. The van der Waals surface area contributed by atoms with Crippen molar-refractivity contribution >= 4 is 40.0 Å². The second-order valence-corrected chi connectivity index (χ2v) is 7.71. The van der Waals surface area contributed by atoms with Crippen molar-refractivity contribution in [3.63, 3.8) is 0 Å². The molecule has 0 spiro atoms. The molecule has 0 aromatic heterocycles. The molecule has 0 saturated heterocycles. The van der Waals surface area contributed by atoms with Gasteiger partial charge in [0, 0.05) is 32.7 Å². The number of sulfonamides is 1. The first kappa shape index (κ1) is 25.2. The Morgan fingerprint density at radius 1 is 1.13 bits per heavy atom. The topological polar surface area (TPSA) is 73.8 Å². The second-order valence-electron chi connectivity index (χ2n) is 5.62. The molecule has 0 aliphatic heterocycles. The summed E-state index contributed by atoms with van der Waals surface area (Å²) >= 11 is 0. The average Bonchev–Trinajstić information content (AvgIpc) is 2.44. The van der Waals surface area contributed by atoms with Crippen molar-refractivity contribution in [2.24, 2.45) is 10.9 Å². The van der Waals surface area contributed by atoms with Crippen LogP contribution in [0.15, 0.2) is 4.99 Å². The molecule has 0 aliphatic carbocycles. The fraction of sp³-hybridized carbons (Fsp3) is 0.933. The number of hydrogen-bond donors (Lipinski definition) is 2. The Kier molecular flexibility index (Phi) is 15.6. The molecule has 0 bridgehead atoms. The fourth-order valence-corrected chi connectivity index (χ4v) is 3.48. The number of hydrogen-bond acceptors (Lipinski definition) is 3. The third kappa shape index (κ3) is 12.0. The number of nitrogens with one attached hydrogen (secondary N) is 2. The lowest BCUT2D eigenvalue weighted by Gasteiger charge is -2.19. The molecule has 0 aromatic carbocycles. The lowest BCUT2D eigenvalue weighted by molar-refractivity contribution is 0.445. The third-order valence-corrected chi connectivity index (χ3v) is 5.33. The quantitative estimate of drug-likeness (QED) is 0.214. The van der Waals surface area contributed by atoms with Gasteiger partial charge in [0.25, 0.3) is 0 Å². The summed E-state index contributed by atoms with van der Waals surface area (Å²) in [6.45, 7) is 13.0. The van der Waals surface area contributed by atoms with Crippen molar-refractivity contribution in [1.82, 2.24) is 14.9 Å². The molecule has 0 amide bonds. The third-order valence-electron chi connectivity index (χ3n) is 3.30. The Labute approximate surface area is 160 Å². The lowest BCUT2D eigenvalue weighted by Crippen LogP contribution is -2.42. The van der Waals surface area contributed by atoms with Crippen molar-refractivity contribution < 1.29 is 8.42 Å². The highest BCUT2D eigenvalue weighted by Gasteiger charge is 2.18. The predicted molar refractivity (Wildman–Crippen MR) is 110 cm³/mol. The molecule has 140 valence electrons. The summed E-state index contributed by atoms with van der Waals surface area (Å²) in [6.07, 6.45) is 2.20. The van der Waals surface area contributed by atoms with Crippen LogP contribution in [0.2, 0.25) is 0 Å². The van der Waals surface area contributed by atoms with Crippen molar-refractivity contribution in [3.05, 3.63) is 0 Å². The van der Waals surface area contributed by atoms with Crippen molar-refractivity contribution in [2.45, 2.75) is 47.5 Å². The highest BCUT2D eigenvalue weighted by atomic mass is 127. The molecule has 6 nitrogen and oxygen atoms in total. The summed E-state index contributed by atoms with van der Waals surface area (Å²) in [5, 5.41) is 6.25. The normalized spacial score (nSPS) is 12.4. The van der Waals surface area contributed by atoms with Gasteiger partial charge < -0.3 is 10.6 Å². The molecule has 23 heavy (non-hydrogen) atoms. The molecule has 0 heterocycles. The molecule has 0 radical (unpaired) electrons. The van der Waals surface area contributed by atoms with Crippen LogP contribution in [-0.2, 0) is 10.0 Å². The van der Waals surface area contributed by atoms with E-state index in [1.807, 2.05) is 20.8 Å². The molecule has 0 rings (SSSR count). The van der Waals surface area contributed by atoms with Gasteiger partial charge in [-0.1, -0.05) is 27.7 Å². The highest BCUT2D eigenvalue weighted by Crippen LogP contribution is 2.03. The molecule has 0 fully saturated rings. The summed E-state index contributed by atoms with van der Waals surface area (Å²) in [5.41, 5.74) is 0. The molecule has 8 heteroatoms. The van der Waals surface area contributed by atoms with Crippen LogP contribution in [0.5, 0.6) is 0 Å². The maximum atomic E-state index is 12.1. The van der Waals surface area contributed by atoms with Gasteiger partial charge >= 0.3 is 0 Å². The zero-order chi connectivity index (χ0) is 17.0. The molecular formula is C15H35IN4O2S. The Morgan fingerprint density at radius 3 is 2.22 bits per heavy atom. The van der Waals surface area contributed by atoms with E-state index in [9.17, 15) is 8.42 Å². The van der Waals surface area contributed by atoms with Gasteiger partial charge in [0.1, 0.15) is 0 Å².